The van der Waals surface area contributed by atoms with Crippen molar-refractivity contribution in [1.82, 2.24) is 9.97 Å². The van der Waals surface area contributed by atoms with Gasteiger partial charge in [0, 0.05) is 16.3 Å². The van der Waals surface area contributed by atoms with Crippen LogP contribution in [0.2, 0.25) is 5.02 Å². The number of carbonyl (C=O) groups excluding carboxylic acids is 1. The third-order valence-electron chi connectivity index (χ3n) is 4.44. The van der Waals surface area contributed by atoms with E-state index in [1.54, 1.807) is 23.5 Å². The highest BCUT2D eigenvalue weighted by molar-refractivity contribution is 8.00. The fourth-order valence-corrected chi connectivity index (χ4v) is 5.05. The van der Waals surface area contributed by atoms with Crippen LogP contribution in [0.15, 0.2) is 59.9 Å². The van der Waals surface area contributed by atoms with Crippen molar-refractivity contribution in [3.63, 3.8) is 0 Å². The molecule has 158 valence electrons. The number of hydrogen-bond acceptors (Lipinski definition) is 7. The second-order valence-corrected chi connectivity index (χ2v) is 8.80. The van der Waals surface area contributed by atoms with Crippen LogP contribution in [0, 0.1) is 0 Å². The fraction of sp³-hybridized carbons (Fsp3) is 0.136. The van der Waals surface area contributed by atoms with Crippen molar-refractivity contribution in [2.24, 2.45) is 0 Å². The summed E-state index contributed by atoms with van der Waals surface area (Å²) in [6.07, 6.45) is 1.53. The number of nitrogens with zero attached hydrogens (tertiary/aromatic N) is 2. The van der Waals surface area contributed by atoms with Gasteiger partial charge < -0.3 is 14.8 Å². The third kappa shape index (κ3) is 4.76. The van der Waals surface area contributed by atoms with E-state index in [2.05, 4.69) is 33.5 Å². The number of rotatable bonds is 7. The summed E-state index contributed by atoms with van der Waals surface area (Å²) in [7, 11) is 3.04. The summed E-state index contributed by atoms with van der Waals surface area (Å²) in [6, 6.07) is 15.4. The Hall–Kier alpha value is -2.81. The zero-order valence-electron chi connectivity index (χ0n) is 16.7. The molecule has 9 heteroatoms. The summed E-state index contributed by atoms with van der Waals surface area (Å²) in [5, 5.41) is 4.92. The van der Waals surface area contributed by atoms with Gasteiger partial charge in [-0.25, -0.2) is 9.97 Å². The average Bonchev–Trinajstić information content (AvgIpc) is 3.23. The maximum Gasteiger partial charge on any atom is 0.234 e. The Morgan fingerprint density at radius 1 is 1.10 bits per heavy atom. The smallest absolute Gasteiger partial charge is 0.234 e. The summed E-state index contributed by atoms with van der Waals surface area (Å²) >= 11 is 9.14. The molecule has 0 spiro atoms. The maximum atomic E-state index is 12.6. The first-order valence-electron chi connectivity index (χ1n) is 9.23. The molecule has 2 aromatic carbocycles. The van der Waals surface area contributed by atoms with Gasteiger partial charge in [-0.05, 0) is 17.7 Å². The molecule has 0 fully saturated rings. The first-order chi connectivity index (χ1) is 15.1. The molecule has 0 saturated carbocycles. The molecule has 31 heavy (non-hydrogen) atoms. The van der Waals surface area contributed by atoms with Crippen LogP contribution < -0.4 is 14.8 Å². The monoisotopic (exact) mass is 471 g/mol. The minimum Gasteiger partial charge on any atom is -0.495 e. The van der Waals surface area contributed by atoms with Crippen LogP contribution in [0.3, 0.4) is 0 Å². The van der Waals surface area contributed by atoms with Crippen molar-refractivity contribution >= 4 is 56.5 Å². The van der Waals surface area contributed by atoms with Gasteiger partial charge in [0.1, 0.15) is 27.7 Å². The van der Waals surface area contributed by atoms with Gasteiger partial charge in [-0.15, -0.1) is 11.3 Å². The number of benzene rings is 2. The van der Waals surface area contributed by atoms with Crippen molar-refractivity contribution in [3.05, 3.63) is 59.9 Å². The van der Waals surface area contributed by atoms with Crippen LogP contribution in [-0.4, -0.2) is 35.8 Å². The quantitative estimate of drug-likeness (QED) is 0.273. The Morgan fingerprint density at radius 3 is 2.61 bits per heavy atom. The van der Waals surface area contributed by atoms with Gasteiger partial charge in [0.15, 0.2) is 0 Å². The van der Waals surface area contributed by atoms with E-state index in [0.717, 1.165) is 25.7 Å². The molecule has 0 aliphatic carbocycles. The molecule has 0 aliphatic rings. The number of aromatic nitrogens is 2. The van der Waals surface area contributed by atoms with Gasteiger partial charge >= 0.3 is 0 Å². The fourth-order valence-electron chi connectivity index (χ4n) is 2.97. The van der Waals surface area contributed by atoms with E-state index < -0.39 is 0 Å². The van der Waals surface area contributed by atoms with Crippen LogP contribution in [0.1, 0.15) is 0 Å². The highest BCUT2D eigenvalue weighted by Gasteiger charge is 2.15. The number of amides is 1. The molecule has 0 bridgehead atoms. The molecule has 0 atom stereocenters. The number of hydrogen-bond donors (Lipinski definition) is 1. The number of nitrogens with one attached hydrogen (secondary N) is 1. The minimum atomic E-state index is -0.199. The maximum absolute atomic E-state index is 12.6. The van der Waals surface area contributed by atoms with Gasteiger partial charge in [0.2, 0.25) is 5.91 Å². The number of methoxy groups -OCH3 is 2. The molecule has 6 nitrogen and oxygen atoms in total. The summed E-state index contributed by atoms with van der Waals surface area (Å²) in [4.78, 5) is 23.3. The van der Waals surface area contributed by atoms with Crippen LogP contribution in [0.4, 0.5) is 5.69 Å². The lowest BCUT2D eigenvalue weighted by molar-refractivity contribution is -0.113. The second kappa shape index (κ2) is 9.55. The molecular weight excluding hydrogens is 454 g/mol. The average molecular weight is 472 g/mol. The van der Waals surface area contributed by atoms with E-state index in [9.17, 15) is 4.79 Å². The topological polar surface area (TPSA) is 73.3 Å². The zero-order valence-corrected chi connectivity index (χ0v) is 19.1. The van der Waals surface area contributed by atoms with E-state index in [-0.39, 0.29) is 11.7 Å². The normalized spacial score (nSPS) is 10.8. The van der Waals surface area contributed by atoms with Gasteiger partial charge in [0.25, 0.3) is 0 Å². The highest BCUT2D eigenvalue weighted by atomic mass is 35.5. The summed E-state index contributed by atoms with van der Waals surface area (Å²) in [6.45, 7) is 0. The first-order valence-corrected chi connectivity index (χ1v) is 11.4. The lowest BCUT2D eigenvalue weighted by atomic mass is 10.2. The van der Waals surface area contributed by atoms with E-state index in [1.165, 1.54) is 32.3 Å². The Kier molecular flexibility index (Phi) is 6.60. The number of thiophene rings is 1. The zero-order chi connectivity index (χ0) is 21.8. The van der Waals surface area contributed by atoms with Crippen LogP contribution >= 0.6 is 34.7 Å². The second-order valence-electron chi connectivity index (χ2n) is 6.40. The standard InChI is InChI=1S/C22H18ClN3O3S2/c1-28-17-10-18(29-2)16(9-15(17)23)26-20(27)11-30-21-14-8-19(13-6-4-3-5-7-13)31-22(14)25-12-24-21/h3-10,12H,11H2,1-2H3,(H,26,27). The minimum absolute atomic E-state index is 0.176. The highest BCUT2D eigenvalue weighted by Crippen LogP contribution is 2.37. The summed E-state index contributed by atoms with van der Waals surface area (Å²) < 4.78 is 10.5. The molecule has 4 aromatic rings. The van der Waals surface area contributed by atoms with Gasteiger partial charge in [-0.3, -0.25) is 4.79 Å². The lowest BCUT2D eigenvalue weighted by Gasteiger charge is -2.13. The van der Waals surface area contributed by atoms with Crippen LogP contribution in [0.5, 0.6) is 11.5 Å². The number of thioether (sulfide) groups is 1. The molecular formula is C22H18ClN3O3S2. The molecule has 1 amide bonds. The molecule has 0 saturated heterocycles. The first kappa shape index (κ1) is 21.4. The van der Waals surface area contributed by atoms with Crippen molar-refractivity contribution in [2.45, 2.75) is 5.03 Å². The van der Waals surface area contributed by atoms with E-state index in [4.69, 9.17) is 21.1 Å². The summed E-state index contributed by atoms with van der Waals surface area (Å²) in [5.41, 5.74) is 1.61. The van der Waals surface area contributed by atoms with Crippen molar-refractivity contribution < 1.29 is 14.3 Å². The molecule has 0 radical (unpaired) electrons. The van der Waals surface area contributed by atoms with E-state index >= 15 is 0 Å². The Bertz CT molecular complexity index is 1230. The molecule has 2 aromatic heterocycles. The van der Waals surface area contributed by atoms with Crippen molar-refractivity contribution in [3.8, 4) is 21.9 Å². The Morgan fingerprint density at radius 2 is 1.87 bits per heavy atom. The molecule has 0 unspecified atom stereocenters. The SMILES string of the molecule is COc1cc(OC)c(NC(=O)CSc2ncnc3sc(-c4ccccc4)cc23)cc1Cl. The predicted molar refractivity (Wildman–Crippen MR) is 127 cm³/mol. The number of carbonyl (C=O) groups is 1. The number of ether oxygens (including phenoxy) is 2. The van der Waals surface area contributed by atoms with Crippen molar-refractivity contribution in [2.75, 3.05) is 25.3 Å². The van der Waals surface area contributed by atoms with Gasteiger partial charge in [0.05, 0.1) is 30.7 Å². The van der Waals surface area contributed by atoms with E-state index in [1.807, 2.05) is 18.2 Å². The molecule has 0 aliphatic heterocycles. The Labute approximate surface area is 192 Å². The van der Waals surface area contributed by atoms with Gasteiger partial charge in [-0.2, -0.15) is 0 Å². The van der Waals surface area contributed by atoms with Gasteiger partial charge in [-0.1, -0.05) is 53.7 Å². The van der Waals surface area contributed by atoms with Crippen molar-refractivity contribution in [1.29, 1.82) is 0 Å². The predicted octanol–water partition coefficient (Wildman–Crippen LogP) is 5.76. The van der Waals surface area contributed by atoms with Crippen LogP contribution in [-0.2, 0) is 4.79 Å². The Balaban J connectivity index is 1.50. The molecule has 4 rings (SSSR count). The largest absolute Gasteiger partial charge is 0.495 e. The third-order valence-corrected chi connectivity index (χ3v) is 6.83. The summed E-state index contributed by atoms with van der Waals surface area (Å²) in [5.74, 6) is 0.917. The molecule has 1 N–H and O–H groups in total. The lowest BCUT2D eigenvalue weighted by Crippen LogP contribution is -2.15. The van der Waals surface area contributed by atoms with E-state index in [0.29, 0.717) is 22.2 Å². The van der Waals surface area contributed by atoms with Crippen LogP contribution in [0.25, 0.3) is 20.7 Å². The number of fused-ring (bicyclic) bond motifs is 1. The number of anilines is 1. The molecule has 2 heterocycles. The number of halogens is 1.